The molecule has 0 saturated carbocycles. The Hall–Kier alpha value is -2.78. The van der Waals surface area contributed by atoms with Crippen molar-refractivity contribution < 1.29 is 37.0 Å². The average Bonchev–Trinajstić information content (AvgIpc) is 2.92. The molecule has 1 aromatic carbocycles. The van der Waals surface area contributed by atoms with Gasteiger partial charge < -0.3 is 19.7 Å². The minimum atomic E-state index is -4.67. The first kappa shape index (κ1) is 20.5. The van der Waals surface area contributed by atoms with E-state index in [1.165, 1.54) is 11.8 Å². The monoisotopic (exact) mass is 388 g/mol. The van der Waals surface area contributed by atoms with Crippen molar-refractivity contribution in [2.75, 3.05) is 18.1 Å². The topological polar surface area (TPSA) is 84.9 Å². The summed E-state index contributed by atoms with van der Waals surface area (Å²) in [6, 6.07) is 7.26. The molecule has 2 rings (SSSR count). The highest BCUT2D eigenvalue weighted by Gasteiger charge is 2.34. The summed E-state index contributed by atoms with van der Waals surface area (Å²) in [7, 11) is 0. The number of para-hydroxylation sites is 1. The molecule has 1 N–H and O–H groups in total. The Labute approximate surface area is 153 Å². The van der Waals surface area contributed by atoms with Gasteiger partial charge >= 0.3 is 18.2 Å². The van der Waals surface area contributed by atoms with Crippen molar-refractivity contribution in [3.63, 3.8) is 0 Å². The molecule has 2 amide bonds. The van der Waals surface area contributed by atoms with E-state index in [0.29, 0.717) is 6.42 Å². The highest BCUT2D eigenvalue weighted by atomic mass is 19.4. The zero-order valence-corrected chi connectivity index (χ0v) is 14.7. The molecule has 0 saturated heterocycles. The number of nitrogens with zero attached hydrogens (tertiary/aromatic N) is 1. The van der Waals surface area contributed by atoms with Crippen molar-refractivity contribution in [3.8, 4) is 0 Å². The zero-order chi connectivity index (χ0) is 20.2. The number of ether oxygens (including phenoxy) is 2. The van der Waals surface area contributed by atoms with Gasteiger partial charge in [0.1, 0.15) is 6.54 Å². The van der Waals surface area contributed by atoms with Crippen molar-refractivity contribution in [2.45, 2.75) is 38.6 Å². The van der Waals surface area contributed by atoms with Gasteiger partial charge in [0.2, 0.25) is 0 Å². The van der Waals surface area contributed by atoms with Gasteiger partial charge in [-0.05, 0) is 31.9 Å². The molecule has 0 aromatic heterocycles. The number of benzene rings is 1. The fourth-order valence-corrected chi connectivity index (χ4v) is 2.73. The number of rotatable bonds is 5. The molecule has 148 valence electrons. The summed E-state index contributed by atoms with van der Waals surface area (Å²) in [6.07, 6.45) is -6.53. The molecule has 0 unspecified atom stereocenters. The maximum Gasteiger partial charge on any atom is 0.422 e. The third-order valence-electron chi connectivity index (χ3n) is 3.84. The molecule has 1 aliphatic rings. The van der Waals surface area contributed by atoms with Gasteiger partial charge in [-0.2, -0.15) is 13.2 Å². The zero-order valence-electron chi connectivity index (χ0n) is 14.7. The maximum atomic E-state index is 12.6. The summed E-state index contributed by atoms with van der Waals surface area (Å²) >= 11 is 0. The highest BCUT2D eigenvalue weighted by Crippen LogP contribution is 2.32. The van der Waals surface area contributed by atoms with E-state index in [1.807, 2.05) is 24.4 Å². The van der Waals surface area contributed by atoms with Crippen LogP contribution in [0, 0.1) is 0 Å². The lowest BCUT2D eigenvalue weighted by molar-refractivity contribution is -0.160. The third-order valence-corrected chi connectivity index (χ3v) is 3.84. The van der Waals surface area contributed by atoms with E-state index in [9.17, 15) is 27.6 Å². The molecule has 0 aliphatic carbocycles. The van der Waals surface area contributed by atoms with E-state index in [-0.39, 0.29) is 6.04 Å². The molecule has 10 heteroatoms. The molecule has 2 atom stereocenters. The Bertz CT molecular complexity index is 723. The van der Waals surface area contributed by atoms with Crippen LogP contribution in [0.25, 0.3) is 0 Å². The summed E-state index contributed by atoms with van der Waals surface area (Å²) in [5.41, 5.74) is 1.75. The number of fused-ring (bicyclic) bond motifs is 1. The molecule has 0 radical (unpaired) electrons. The van der Waals surface area contributed by atoms with Gasteiger partial charge in [-0.1, -0.05) is 18.2 Å². The quantitative estimate of drug-likeness (QED) is 0.782. The normalized spacial score (nSPS) is 17.1. The first-order valence-corrected chi connectivity index (χ1v) is 8.16. The van der Waals surface area contributed by atoms with E-state index in [1.54, 1.807) is 12.1 Å². The van der Waals surface area contributed by atoms with Crippen molar-refractivity contribution in [2.24, 2.45) is 0 Å². The Morgan fingerprint density at radius 3 is 2.63 bits per heavy atom. The molecule has 0 bridgehead atoms. The molecule has 0 fully saturated rings. The lowest BCUT2D eigenvalue weighted by Crippen LogP contribution is -2.44. The average molecular weight is 388 g/mol. The van der Waals surface area contributed by atoms with Crippen LogP contribution in [0.2, 0.25) is 0 Å². The summed E-state index contributed by atoms with van der Waals surface area (Å²) in [5, 5.41) is 1.83. The second kappa shape index (κ2) is 8.28. The minimum absolute atomic E-state index is 0.105. The van der Waals surface area contributed by atoms with Crippen LogP contribution in [0.1, 0.15) is 19.4 Å². The number of amides is 2. The molecule has 1 aromatic rings. The molecular weight excluding hydrogens is 369 g/mol. The SMILES string of the molecule is C[C@H](OC(=O)CNC(=O)OCC(F)(F)F)C(=O)N1c2ccccc2C[C@H]1C. The Morgan fingerprint density at radius 1 is 1.30 bits per heavy atom. The van der Waals surface area contributed by atoms with Crippen LogP contribution < -0.4 is 10.2 Å². The molecule has 1 aliphatic heterocycles. The van der Waals surface area contributed by atoms with E-state index in [0.717, 1.165) is 11.3 Å². The van der Waals surface area contributed by atoms with Gasteiger partial charge in [-0.3, -0.25) is 9.59 Å². The number of hydrogen-bond acceptors (Lipinski definition) is 5. The summed E-state index contributed by atoms with van der Waals surface area (Å²) in [5.74, 6) is -1.40. The van der Waals surface area contributed by atoms with Crippen LogP contribution in [0.15, 0.2) is 24.3 Å². The van der Waals surface area contributed by atoms with Crippen molar-refractivity contribution in [1.29, 1.82) is 0 Å². The largest absolute Gasteiger partial charge is 0.451 e. The minimum Gasteiger partial charge on any atom is -0.451 e. The van der Waals surface area contributed by atoms with E-state index in [4.69, 9.17) is 4.74 Å². The van der Waals surface area contributed by atoms with E-state index < -0.39 is 43.4 Å². The van der Waals surface area contributed by atoms with Gasteiger partial charge in [-0.15, -0.1) is 0 Å². The van der Waals surface area contributed by atoms with Crippen LogP contribution in [0.4, 0.5) is 23.7 Å². The van der Waals surface area contributed by atoms with Crippen LogP contribution in [-0.4, -0.2) is 49.4 Å². The second-order valence-corrected chi connectivity index (χ2v) is 6.07. The standard InChI is InChI=1S/C17H19F3N2O5/c1-10-7-12-5-3-4-6-13(12)22(10)15(24)11(2)27-14(23)8-21-16(25)26-9-17(18,19)20/h3-6,10-11H,7-9H2,1-2H3,(H,21,25)/t10-,11+/m1/s1. The number of hydrogen-bond donors (Lipinski definition) is 1. The molecular formula is C17H19F3N2O5. The predicted molar refractivity (Wildman–Crippen MR) is 88.1 cm³/mol. The van der Waals surface area contributed by atoms with Crippen LogP contribution in [0.5, 0.6) is 0 Å². The summed E-state index contributed by atoms with van der Waals surface area (Å²) < 4.78 is 44.6. The summed E-state index contributed by atoms with van der Waals surface area (Å²) in [6.45, 7) is 0.760. The predicted octanol–water partition coefficient (Wildman–Crippen LogP) is 2.18. The van der Waals surface area contributed by atoms with Crippen LogP contribution in [0.3, 0.4) is 0 Å². The van der Waals surface area contributed by atoms with Crippen molar-refractivity contribution in [3.05, 3.63) is 29.8 Å². The van der Waals surface area contributed by atoms with Crippen LogP contribution in [-0.2, 0) is 25.5 Å². The number of alkyl halides is 3. The second-order valence-electron chi connectivity index (χ2n) is 6.07. The van der Waals surface area contributed by atoms with Crippen molar-refractivity contribution in [1.82, 2.24) is 5.32 Å². The van der Waals surface area contributed by atoms with Crippen molar-refractivity contribution >= 4 is 23.7 Å². The van der Waals surface area contributed by atoms with Gasteiger partial charge in [0.25, 0.3) is 5.91 Å². The fraction of sp³-hybridized carbons (Fsp3) is 0.471. The fourth-order valence-electron chi connectivity index (χ4n) is 2.73. The molecule has 27 heavy (non-hydrogen) atoms. The van der Waals surface area contributed by atoms with Gasteiger partial charge in [0.05, 0.1) is 0 Å². The smallest absolute Gasteiger partial charge is 0.422 e. The number of carbonyl (C=O) groups is 3. The number of nitrogens with one attached hydrogen (secondary N) is 1. The first-order valence-electron chi connectivity index (χ1n) is 8.16. The van der Waals surface area contributed by atoms with E-state index in [2.05, 4.69) is 4.74 Å². The Morgan fingerprint density at radius 2 is 1.96 bits per heavy atom. The van der Waals surface area contributed by atoms with Gasteiger partial charge in [0, 0.05) is 11.7 Å². The highest BCUT2D eigenvalue weighted by molar-refractivity contribution is 5.99. The van der Waals surface area contributed by atoms with E-state index >= 15 is 0 Å². The molecule has 7 nitrogen and oxygen atoms in total. The summed E-state index contributed by atoms with van der Waals surface area (Å²) in [4.78, 5) is 37.0. The first-order chi connectivity index (χ1) is 12.6. The molecule has 0 spiro atoms. The lowest BCUT2D eigenvalue weighted by Gasteiger charge is -2.25. The third kappa shape index (κ3) is 5.60. The Balaban J connectivity index is 1.84. The molecule has 1 heterocycles. The number of anilines is 1. The van der Waals surface area contributed by atoms with Gasteiger partial charge in [-0.25, -0.2) is 4.79 Å². The number of alkyl carbamates (subject to hydrolysis) is 1. The van der Waals surface area contributed by atoms with Crippen LogP contribution >= 0.6 is 0 Å². The van der Waals surface area contributed by atoms with Gasteiger partial charge in [0.15, 0.2) is 12.7 Å². The lowest BCUT2D eigenvalue weighted by atomic mass is 10.1. The number of halogens is 3. The maximum absolute atomic E-state index is 12.6. The Kier molecular flexibility index (Phi) is 6.29. The number of esters is 1. The number of carbonyl (C=O) groups excluding carboxylic acids is 3.